The molecule has 0 saturated carbocycles. The number of carbonyl (C=O) groups is 2. The van der Waals surface area contributed by atoms with Crippen LogP contribution in [0.25, 0.3) is 0 Å². The minimum Gasteiger partial charge on any atom is -0.357 e. The van der Waals surface area contributed by atoms with E-state index in [-0.39, 0.29) is 11.8 Å². The lowest BCUT2D eigenvalue weighted by Crippen LogP contribution is -2.49. The molecule has 2 amide bonds. The van der Waals surface area contributed by atoms with Crippen LogP contribution in [-0.4, -0.2) is 66.4 Å². The van der Waals surface area contributed by atoms with Gasteiger partial charge in [-0.05, 0) is 56.9 Å². The van der Waals surface area contributed by atoms with E-state index in [1.165, 1.54) is 4.90 Å². The molecule has 1 aromatic heterocycles. The van der Waals surface area contributed by atoms with Crippen molar-refractivity contribution in [2.75, 3.05) is 37.6 Å². The Morgan fingerprint density at radius 2 is 1.73 bits per heavy atom. The van der Waals surface area contributed by atoms with Crippen LogP contribution in [-0.2, 0) is 0 Å². The molecule has 2 aliphatic rings. The van der Waals surface area contributed by atoms with Gasteiger partial charge in [-0.15, -0.1) is 0 Å². The van der Waals surface area contributed by atoms with Gasteiger partial charge in [0.15, 0.2) is 5.96 Å². The van der Waals surface area contributed by atoms with Crippen LogP contribution in [0.1, 0.15) is 53.3 Å². The molecule has 1 aromatic carbocycles. The topological polar surface area (TPSA) is 89.9 Å². The van der Waals surface area contributed by atoms with Gasteiger partial charge >= 0.3 is 0 Å². The molecule has 1 saturated heterocycles. The number of hydrogen-bond donors (Lipinski definition) is 2. The van der Waals surface area contributed by atoms with Crippen molar-refractivity contribution in [2.24, 2.45) is 4.99 Å². The quantitative estimate of drug-likeness (QED) is 0.279. The molecule has 0 radical (unpaired) electrons. The molecule has 2 N–H and O–H groups in total. The van der Waals surface area contributed by atoms with Gasteiger partial charge in [-0.3, -0.25) is 19.5 Å². The molecule has 3 heterocycles. The lowest BCUT2D eigenvalue weighted by atomic mass is 10.1. The van der Waals surface area contributed by atoms with Gasteiger partial charge in [-0.25, -0.2) is 4.98 Å². The molecule has 8 heteroatoms. The molecular formula is C25H32N6O2. The van der Waals surface area contributed by atoms with Gasteiger partial charge in [0, 0.05) is 45.0 Å². The Morgan fingerprint density at radius 1 is 1.03 bits per heavy atom. The monoisotopic (exact) mass is 448 g/mol. The SMILES string of the molecule is CCNC(=NCCCCN1C(=O)c2ccccc2C1=O)NC1CCN(c2ccccn2)CC1. The lowest BCUT2D eigenvalue weighted by molar-refractivity contribution is 0.0652. The van der Waals surface area contributed by atoms with E-state index < -0.39 is 0 Å². The summed E-state index contributed by atoms with van der Waals surface area (Å²) >= 11 is 0. The van der Waals surface area contributed by atoms with Crippen molar-refractivity contribution in [1.29, 1.82) is 0 Å². The number of nitrogens with zero attached hydrogens (tertiary/aromatic N) is 4. The summed E-state index contributed by atoms with van der Waals surface area (Å²) in [6.45, 7) is 5.86. The first-order chi connectivity index (χ1) is 16.2. The number of benzene rings is 1. The van der Waals surface area contributed by atoms with E-state index in [2.05, 4.69) is 33.5 Å². The number of amides is 2. The molecule has 0 unspecified atom stereocenters. The van der Waals surface area contributed by atoms with Gasteiger partial charge < -0.3 is 15.5 Å². The Balaban J connectivity index is 1.21. The van der Waals surface area contributed by atoms with Crippen molar-refractivity contribution >= 4 is 23.6 Å². The maximum atomic E-state index is 12.4. The van der Waals surface area contributed by atoms with Crippen molar-refractivity contribution in [3.05, 3.63) is 59.8 Å². The first-order valence-corrected chi connectivity index (χ1v) is 11.8. The second-order valence-electron chi connectivity index (χ2n) is 8.37. The highest BCUT2D eigenvalue weighted by molar-refractivity contribution is 6.21. The Labute approximate surface area is 195 Å². The highest BCUT2D eigenvalue weighted by Gasteiger charge is 2.34. The minimum absolute atomic E-state index is 0.189. The minimum atomic E-state index is -0.189. The van der Waals surface area contributed by atoms with E-state index in [0.717, 1.165) is 57.1 Å². The number of guanidine groups is 1. The lowest BCUT2D eigenvalue weighted by Gasteiger charge is -2.33. The highest BCUT2D eigenvalue weighted by atomic mass is 16.2. The molecule has 0 spiro atoms. The van der Waals surface area contributed by atoms with E-state index in [0.29, 0.717) is 30.3 Å². The molecule has 2 aliphatic heterocycles. The number of hydrogen-bond acceptors (Lipinski definition) is 5. The number of nitrogens with one attached hydrogen (secondary N) is 2. The van der Waals surface area contributed by atoms with Crippen LogP contribution in [0.15, 0.2) is 53.7 Å². The smallest absolute Gasteiger partial charge is 0.261 e. The second-order valence-corrected chi connectivity index (χ2v) is 8.37. The van der Waals surface area contributed by atoms with Crippen molar-refractivity contribution in [3.8, 4) is 0 Å². The largest absolute Gasteiger partial charge is 0.357 e. The molecule has 4 rings (SSSR count). The van der Waals surface area contributed by atoms with Gasteiger partial charge in [0.05, 0.1) is 11.1 Å². The number of rotatable bonds is 8. The number of carbonyl (C=O) groups excluding carboxylic acids is 2. The zero-order valence-electron chi connectivity index (χ0n) is 19.2. The standard InChI is InChI=1S/C25H32N6O2/c1-2-26-25(29-19-12-17-30(18-13-19)22-11-5-6-14-27-22)28-15-7-8-16-31-23(32)20-9-3-4-10-21(20)24(31)33/h3-6,9-11,14,19H,2,7-8,12-13,15-18H2,1H3,(H2,26,28,29). The fourth-order valence-corrected chi connectivity index (χ4v) is 4.32. The molecule has 0 bridgehead atoms. The molecule has 1 fully saturated rings. The summed E-state index contributed by atoms with van der Waals surface area (Å²) in [5.74, 6) is 1.49. The second kappa shape index (κ2) is 10.9. The van der Waals surface area contributed by atoms with E-state index in [9.17, 15) is 9.59 Å². The van der Waals surface area contributed by atoms with E-state index in [1.54, 1.807) is 24.3 Å². The number of piperidine rings is 1. The van der Waals surface area contributed by atoms with Crippen LogP contribution >= 0.6 is 0 Å². The van der Waals surface area contributed by atoms with Crippen LogP contribution in [0.3, 0.4) is 0 Å². The third-order valence-electron chi connectivity index (χ3n) is 6.09. The maximum absolute atomic E-state index is 12.4. The van der Waals surface area contributed by atoms with Crippen molar-refractivity contribution in [2.45, 2.75) is 38.6 Å². The Hall–Kier alpha value is -3.42. The van der Waals surface area contributed by atoms with E-state index in [4.69, 9.17) is 4.99 Å². The number of fused-ring (bicyclic) bond motifs is 1. The zero-order chi connectivity index (χ0) is 23.0. The van der Waals surface area contributed by atoms with E-state index >= 15 is 0 Å². The first kappa shape index (κ1) is 22.8. The maximum Gasteiger partial charge on any atom is 0.261 e. The fraction of sp³-hybridized carbons (Fsp3) is 0.440. The van der Waals surface area contributed by atoms with Crippen LogP contribution < -0.4 is 15.5 Å². The van der Waals surface area contributed by atoms with Gasteiger partial charge in [0.2, 0.25) is 0 Å². The van der Waals surface area contributed by atoms with E-state index in [1.807, 2.05) is 18.3 Å². The average molecular weight is 449 g/mol. The number of imide groups is 1. The number of aliphatic imine (C=N–C) groups is 1. The van der Waals surface area contributed by atoms with Crippen LogP contribution in [0, 0.1) is 0 Å². The van der Waals surface area contributed by atoms with Gasteiger partial charge in [0.1, 0.15) is 5.82 Å². The van der Waals surface area contributed by atoms with Crippen molar-refractivity contribution < 1.29 is 9.59 Å². The third-order valence-corrected chi connectivity index (χ3v) is 6.09. The summed E-state index contributed by atoms with van der Waals surface area (Å²) in [4.78, 5) is 37.7. The summed E-state index contributed by atoms with van der Waals surface area (Å²) in [5.41, 5.74) is 1.02. The van der Waals surface area contributed by atoms with Crippen molar-refractivity contribution in [1.82, 2.24) is 20.5 Å². The Bertz CT molecular complexity index is 950. The molecule has 0 atom stereocenters. The normalized spacial score (nSPS) is 16.8. The van der Waals surface area contributed by atoms with Gasteiger partial charge in [-0.2, -0.15) is 0 Å². The summed E-state index contributed by atoms with van der Waals surface area (Å²) in [5, 5.41) is 6.89. The average Bonchev–Trinajstić information content (AvgIpc) is 3.10. The number of aromatic nitrogens is 1. The fourth-order valence-electron chi connectivity index (χ4n) is 4.32. The van der Waals surface area contributed by atoms with Gasteiger partial charge in [0.25, 0.3) is 11.8 Å². The summed E-state index contributed by atoms with van der Waals surface area (Å²) < 4.78 is 0. The Morgan fingerprint density at radius 3 is 2.36 bits per heavy atom. The van der Waals surface area contributed by atoms with Crippen molar-refractivity contribution in [3.63, 3.8) is 0 Å². The number of pyridine rings is 1. The van der Waals surface area contributed by atoms with Gasteiger partial charge in [-0.1, -0.05) is 18.2 Å². The predicted molar refractivity (Wildman–Crippen MR) is 130 cm³/mol. The van der Waals surface area contributed by atoms with Crippen LogP contribution in [0.5, 0.6) is 0 Å². The summed E-state index contributed by atoms with van der Waals surface area (Å²) in [6.07, 6.45) is 5.43. The summed E-state index contributed by atoms with van der Waals surface area (Å²) in [7, 11) is 0. The highest BCUT2D eigenvalue weighted by Crippen LogP contribution is 2.22. The molecule has 33 heavy (non-hydrogen) atoms. The molecule has 2 aromatic rings. The third kappa shape index (κ3) is 5.50. The predicted octanol–water partition coefficient (Wildman–Crippen LogP) is 2.68. The molecule has 8 nitrogen and oxygen atoms in total. The molecular weight excluding hydrogens is 416 g/mol. The first-order valence-electron chi connectivity index (χ1n) is 11.8. The van der Waals surface area contributed by atoms with Crippen LogP contribution in [0.2, 0.25) is 0 Å². The Kier molecular flexibility index (Phi) is 7.55. The molecule has 0 aliphatic carbocycles. The molecule has 174 valence electrons. The summed E-state index contributed by atoms with van der Waals surface area (Å²) in [6, 6.07) is 13.4. The zero-order valence-corrected chi connectivity index (χ0v) is 19.2. The van der Waals surface area contributed by atoms with Crippen LogP contribution in [0.4, 0.5) is 5.82 Å². The number of unbranched alkanes of at least 4 members (excludes halogenated alkanes) is 1. The number of anilines is 1.